The predicted octanol–water partition coefficient (Wildman–Crippen LogP) is 1.91. The smallest absolute Gasteiger partial charge is 0.409 e. The van der Waals surface area contributed by atoms with Crippen molar-refractivity contribution in [1.29, 1.82) is 0 Å². The largest absolute Gasteiger partial charge is 0.480 e. The highest BCUT2D eigenvalue weighted by atomic mass is 35.5. The number of nitrogens with one attached hydrogen (secondary N) is 2. The summed E-state index contributed by atoms with van der Waals surface area (Å²) in [4.78, 5) is 55.4. The van der Waals surface area contributed by atoms with Crippen molar-refractivity contribution in [2.45, 2.75) is 49.1 Å². The van der Waals surface area contributed by atoms with E-state index in [9.17, 15) is 32.7 Å². The molecule has 3 aliphatic rings. The number of benzene rings is 1. The number of likely N-dealkylation sites (tertiary alicyclic amines) is 1. The van der Waals surface area contributed by atoms with Crippen LogP contribution in [0.25, 0.3) is 0 Å². The minimum atomic E-state index is -4.14. The number of nitrogens with zero attached hydrogens (tertiary/aromatic N) is 4. The van der Waals surface area contributed by atoms with E-state index in [1.54, 1.807) is 9.80 Å². The molecule has 3 N–H and O–H groups in total. The zero-order valence-electron chi connectivity index (χ0n) is 25.1. The lowest BCUT2D eigenvalue weighted by Crippen LogP contribution is -2.55. The highest BCUT2D eigenvalue weighted by Gasteiger charge is 2.41. The quantitative estimate of drug-likeness (QED) is 0.332. The second kappa shape index (κ2) is 15.6. The summed E-state index contributed by atoms with van der Waals surface area (Å²) in [7, 11) is -2.13. The van der Waals surface area contributed by atoms with Crippen molar-refractivity contribution in [2.75, 3.05) is 66.0 Å². The number of halogens is 2. The standard InChI is InChI=1S/C28H40Cl2N6O8S/c1-33-10-12-35(13-11-33)28(41)44-14-6-19-4-8-34(9-5-19)27(40)31-18-23(26(38)39)32-25(37)24-3-2-7-36(24)45(42,43)22-16-20(29)15-21(30)17-22/h15-17,19,23-24H,2-14,18H2,1H3,(H,31,40)(H,32,37)(H,38,39)/t23-,24+/m0/s1. The fraction of sp³-hybridized carbons (Fsp3) is 0.643. The molecule has 17 heteroatoms. The molecule has 0 bridgehead atoms. The summed E-state index contributed by atoms with van der Waals surface area (Å²) < 4.78 is 33.0. The Morgan fingerprint density at radius 1 is 0.956 bits per heavy atom. The van der Waals surface area contributed by atoms with Crippen molar-refractivity contribution < 1.29 is 37.4 Å². The molecule has 0 saturated carbocycles. The Balaban J connectivity index is 1.21. The molecule has 0 aliphatic carbocycles. The van der Waals surface area contributed by atoms with Crippen molar-refractivity contribution in [3.8, 4) is 0 Å². The van der Waals surface area contributed by atoms with Crippen LogP contribution in [0.1, 0.15) is 32.1 Å². The first-order valence-corrected chi connectivity index (χ1v) is 17.2. The second-order valence-electron chi connectivity index (χ2n) is 11.6. The van der Waals surface area contributed by atoms with E-state index in [0.717, 1.165) is 17.4 Å². The van der Waals surface area contributed by atoms with E-state index in [1.807, 2.05) is 7.05 Å². The van der Waals surface area contributed by atoms with Gasteiger partial charge in [-0.2, -0.15) is 4.31 Å². The monoisotopic (exact) mass is 690 g/mol. The summed E-state index contributed by atoms with van der Waals surface area (Å²) in [5, 5.41) is 14.9. The fourth-order valence-electron chi connectivity index (χ4n) is 5.69. The van der Waals surface area contributed by atoms with Crippen LogP contribution in [0, 0.1) is 5.92 Å². The Morgan fingerprint density at radius 2 is 1.60 bits per heavy atom. The van der Waals surface area contributed by atoms with E-state index in [0.29, 0.717) is 58.5 Å². The van der Waals surface area contributed by atoms with Gasteiger partial charge in [0.2, 0.25) is 15.9 Å². The lowest BCUT2D eigenvalue weighted by molar-refractivity contribution is -0.142. The molecule has 0 spiro atoms. The predicted molar refractivity (Wildman–Crippen MR) is 166 cm³/mol. The maximum absolute atomic E-state index is 13.3. The lowest BCUT2D eigenvalue weighted by Gasteiger charge is -2.33. The molecule has 3 fully saturated rings. The summed E-state index contributed by atoms with van der Waals surface area (Å²) in [6.45, 7) is 3.84. The molecule has 14 nitrogen and oxygen atoms in total. The van der Waals surface area contributed by atoms with Crippen LogP contribution in [0.2, 0.25) is 10.0 Å². The first-order valence-electron chi connectivity index (χ1n) is 15.0. The third-order valence-electron chi connectivity index (χ3n) is 8.44. The van der Waals surface area contributed by atoms with Gasteiger partial charge in [0, 0.05) is 55.9 Å². The average molecular weight is 692 g/mol. The fourth-order valence-corrected chi connectivity index (χ4v) is 8.07. The first kappa shape index (κ1) is 35.0. The highest BCUT2D eigenvalue weighted by Crippen LogP contribution is 2.30. The molecule has 3 saturated heterocycles. The molecule has 0 unspecified atom stereocenters. The summed E-state index contributed by atoms with van der Waals surface area (Å²) in [6.07, 6.45) is 2.41. The number of carbonyl (C=O) groups excluding carboxylic acids is 3. The van der Waals surface area contributed by atoms with Crippen molar-refractivity contribution in [1.82, 2.24) is 29.6 Å². The molecule has 250 valence electrons. The summed E-state index contributed by atoms with van der Waals surface area (Å²) in [5.74, 6) is -1.86. The number of hydrogen-bond donors (Lipinski definition) is 3. The topological polar surface area (TPSA) is 169 Å². The molecule has 3 aliphatic heterocycles. The molecule has 1 aromatic carbocycles. The zero-order valence-corrected chi connectivity index (χ0v) is 27.4. The van der Waals surface area contributed by atoms with Gasteiger partial charge in [0.25, 0.3) is 0 Å². The van der Waals surface area contributed by atoms with E-state index in [4.69, 9.17) is 27.9 Å². The van der Waals surface area contributed by atoms with Crippen LogP contribution in [-0.2, 0) is 24.3 Å². The number of hydrogen-bond acceptors (Lipinski definition) is 8. The number of amides is 4. The van der Waals surface area contributed by atoms with Gasteiger partial charge in [0.05, 0.1) is 18.0 Å². The van der Waals surface area contributed by atoms with Gasteiger partial charge in [-0.1, -0.05) is 23.2 Å². The molecule has 1 aromatic rings. The van der Waals surface area contributed by atoms with Crippen molar-refractivity contribution >= 4 is 57.2 Å². The highest BCUT2D eigenvalue weighted by molar-refractivity contribution is 7.89. The van der Waals surface area contributed by atoms with Crippen LogP contribution in [0.3, 0.4) is 0 Å². The third-order valence-corrected chi connectivity index (χ3v) is 10.8. The van der Waals surface area contributed by atoms with Gasteiger partial charge >= 0.3 is 18.1 Å². The molecular weight excluding hydrogens is 651 g/mol. The number of piperidine rings is 1. The molecule has 2 atom stereocenters. The number of aliphatic carboxylic acids is 1. The van der Waals surface area contributed by atoms with Gasteiger partial charge in [-0.3, -0.25) is 4.79 Å². The number of urea groups is 1. The summed E-state index contributed by atoms with van der Waals surface area (Å²) in [6, 6.07) is 0.792. The number of piperazine rings is 1. The Bertz CT molecular complexity index is 1330. The number of sulfonamides is 1. The minimum Gasteiger partial charge on any atom is -0.480 e. The molecule has 4 rings (SSSR count). The number of likely N-dealkylation sites (N-methyl/N-ethyl adjacent to an activating group) is 1. The number of rotatable bonds is 10. The van der Waals surface area contributed by atoms with Crippen molar-refractivity contribution in [3.05, 3.63) is 28.2 Å². The van der Waals surface area contributed by atoms with Crippen molar-refractivity contribution in [2.24, 2.45) is 5.92 Å². The molecule has 0 aromatic heterocycles. The van der Waals surface area contributed by atoms with Crippen LogP contribution in [0.5, 0.6) is 0 Å². The first-order chi connectivity index (χ1) is 21.3. The zero-order chi connectivity index (χ0) is 32.7. The molecule has 0 radical (unpaired) electrons. The Hall–Kier alpha value is -2.85. The maximum atomic E-state index is 13.3. The van der Waals surface area contributed by atoms with E-state index in [2.05, 4.69) is 15.5 Å². The number of carbonyl (C=O) groups is 4. The third kappa shape index (κ3) is 9.35. The van der Waals surface area contributed by atoms with Crippen LogP contribution < -0.4 is 10.6 Å². The van der Waals surface area contributed by atoms with E-state index in [-0.39, 0.29) is 46.5 Å². The molecule has 4 amide bonds. The van der Waals surface area contributed by atoms with Crippen LogP contribution in [0.4, 0.5) is 9.59 Å². The van der Waals surface area contributed by atoms with E-state index < -0.39 is 40.0 Å². The average Bonchev–Trinajstić information content (AvgIpc) is 3.50. The number of carboxylic acid groups (broad SMARTS) is 1. The molecular formula is C28H40Cl2N6O8S. The number of carboxylic acids is 1. The van der Waals surface area contributed by atoms with Crippen LogP contribution in [0.15, 0.2) is 23.1 Å². The molecule has 3 heterocycles. The van der Waals surface area contributed by atoms with Gasteiger partial charge in [-0.05, 0) is 63.3 Å². The lowest BCUT2D eigenvalue weighted by atomic mass is 9.94. The van der Waals surface area contributed by atoms with Crippen molar-refractivity contribution in [3.63, 3.8) is 0 Å². The molecule has 45 heavy (non-hydrogen) atoms. The normalized spacial score (nSPS) is 20.9. The number of ether oxygens (including phenoxy) is 1. The maximum Gasteiger partial charge on any atom is 0.409 e. The van der Waals surface area contributed by atoms with E-state index >= 15 is 0 Å². The minimum absolute atomic E-state index is 0.0632. The summed E-state index contributed by atoms with van der Waals surface area (Å²) in [5.41, 5.74) is 0. The van der Waals surface area contributed by atoms with Crippen LogP contribution >= 0.6 is 23.2 Å². The van der Waals surface area contributed by atoms with Gasteiger partial charge in [-0.15, -0.1) is 0 Å². The van der Waals surface area contributed by atoms with Gasteiger partial charge < -0.3 is 35.2 Å². The Morgan fingerprint density at radius 3 is 2.22 bits per heavy atom. The Kier molecular flexibility index (Phi) is 12.2. The van der Waals surface area contributed by atoms with Crippen LogP contribution in [-0.4, -0.2) is 135 Å². The Labute approximate surface area is 273 Å². The summed E-state index contributed by atoms with van der Waals surface area (Å²) >= 11 is 12.0. The second-order valence-corrected chi connectivity index (χ2v) is 14.4. The SMILES string of the molecule is CN1CCN(C(=O)OCCC2CCN(C(=O)NC[C@H](NC(=O)[C@H]3CCCN3S(=O)(=O)c3cc(Cl)cc(Cl)c3)C(=O)O)CC2)CC1. The van der Waals surface area contributed by atoms with E-state index in [1.165, 1.54) is 18.2 Å². The van der Waals surface area contributed by atoms with Gasteiger partial charge in [0.15, 0.2) is 0 Å². The van der Waals surface area contributed by atoms with Gasteiger partial charge in [-0.25, -0.2) is 22.8 Å². The van der Waals surface area contributed by atoms with Gasteiger partial charge in [0.1, 0.15) is 12.1 Å².